The van der Waals surface area contributed by atoms with Crippen molar-refractivity contribution < 1.29 is 9.47 Å². The highest BCUT2D eigenvalue weighted by Gasteiger charge is 2.10. The molecule has 1 heterocycles. The average molecular weight is 286 g/mol. The van der Waals surface area contributed by atoms with Gasteiger partial charge in [-0.25, -0.2) is 0 Å². The summed E-state index contributed by atoms with van der Waals surface area (Å²) in [5, 5.41) is 0. The fourth-order valence-electron chi connectivity index (χ4n) is 2.14. The van der Waals surface area contributed by atoms with Crippen molar-refractivity contribution in [1.82, 2.24) is 0 Å². The molecular formula is C20H14O2. The SMILES string of the molecule is C1#CCOc2ccccc2-c2ccccc2OCC#C/C=C\1. The lowest BCUT2D eigenvalue weighted by molar-refractivity contribution is 0.366. The maximum atomic E-state index is 5.79. The van der Waals surface area contributed by atoms with Gasteiger partial charge in [-0.15, -0.1) is 0 Å². The van der Waals surface area contributed by atoms with Crippen LogP contribution in [0.2, 0.25) is 0 Å². The van der Waals surface area contributed by atoms with Gasteiger partial charge in [-0.2, -0.15) is 0 Å². The summed E-state index contributed by atoms with van der Waals surface area (Å²) in [6, 6.07) is 15.8. The Morgan fingerprint density at radius 1 is 0.636 bits per heavy atom. The molecule has 106 valence electrons. The van der Waals surface area contributed by atoms with Crippen molar-refractivity contribution in [1.29, 1.82) is 0 Å². The molecule has 22 heavy (non-hydrogen) atoms. The molecule has 0 atom stereocenters. The number of hydrogen-bond acceptors (Lipinski definition) is 2. The Morgan fingerprint density at radius 2 is 1.09 bits per heavy atom. The van der Waals surface area contributed by atoms with E-state index in [4.69, 9.17) is 9.47 Å². The van der Waals surface area contributed by atoms with Crippen molar-refractivity contribution in [3.05, 3.63) is 60.7 Å². The number of fused-ring (bicyclic) bond motifs is 3. The average Bonchev–Trinajstić information content (AvgIpc) is 2.57. The molecule has 0 saturated carbocycles. The smallest absolute Gasteiger partial charge is 0.149 e. The van der Waals surface area contributed by atoms with Gasteiger partial charge in [-0.1, -0.05) is 60.1 Å². The van der Waals surface area contributed by atoms with Crippen LogP contribution in [-0.2, 0) is 0 Å². The van der Waals surface area contributed by atoms with Gasteiger partial charge in [0.1, 0.15) is 24.7 Å². The van der Waals surface area contributed by atoms with E-state index >= 15 is 0 Å². The fraction of sp³-hybridized carbons (Fsp3) is 0.100. The molecule has 0 N–H and O–H groups in total. The zero-order valence-corrected chi connectivity index (χ0v) is 12.0. The molecule has 0 unspecified atom stereocenters. The van der Waals surface area contributed by atoms with Crippen LogP contribution in [0.1, 0.15) is 0 Å². The van der Waals surface area contributed by atoms with Gasteiger partial charge in [-0.3, -0.25) is 0 Å². The van der Waals surface area contributed by atoms with Gasteiger partial charge in [0.2, 0.25) is 0 Å². The largest absolute Gasteiger partial charge is 0.480 e. The number of para-hydroxylation sites is 2. The maximum absolute atomic E-state index is 5.79. The van der Waals surface area contributed by atoms with E-state index in [9.17, 15) is 0 Å². The summed E-state index contributed by atoms with van der Waals surface area (Å²) in [5.41, 5.74) is 1.97. The number of ether oxygens (including phenoxy) is 2. The lowest BCUT2D eigenvalue weighted by Gasteiger charge is -2.13. The van der Waals surface area contributed by atoms with Crippen LogP contribution in [0.15, 0.2) is 60.7 Å². The first-order chi connectivity index (χ1) is 10.9. The Balaban J connectivity index is 2.06. The van der Waals surface area contributed by atoms with Crippen LogP contribution in [0.25, 0.3) is 11.1 Å². The summed E-state index contributed by atoms with van der Waals surface area (Å²) in [6.45, 7) is 0.662. The number of hydrogen-bond donors (Lipinski definition) is 0. The zero-order chi connectivity index (χ0) is 15.0. The normalized spacial score (nSPS) is 14.2. The number of benzene rings is 2. The highest BCUT2D eigenvalue weighted by molar-refractivity contribution is 5.75. The third kappa shape index (κ3) is 3.32. The van der Waals surface area contributed by atoms with Crippen LogP contribution < -0.4 is 9.47 Å². The minimum atomic E-state index is 0.331. The van der Waals surface area contributed by atoms with Gasteiger partial charge in [-0.05, 0) is 24.3 Å². The second-order valence-corrected chi connectivity index (χ2v) is 4.55. The van der Waals surface area contributed by atoms with Gasteiger partial charge in [0.25, 0.3) is 0 Å². The molecule has 2 aromatic rings. The van der Waals surface area contributed by atoms with E-state index in [-0.39, 0.29) is 0 Å². The van der Waals surface area contributed by atoms with E-state index < -0.39 is 0 Å². The standard InChI is InChI=1S/C20H14O2/c1-2-4-10-16-22-20-14-8-6-12-18(20)17-11-5-7-13-19(17)21-15-9-3-1/h1-2,5-8,11-14H,15-16H2/b2-1-. The van der Waals surface area contributed by atoms with Crippen LogP contribution in [0.4, 0.5) is 0 Å². The molecular weight excluding hydrogens is 272 g/mol. The zero-order valence-electron chi connectivity index (χ0n) is 12.0. The number of allylic oxidation sites excluding steroid dienone is 2. The van der Waals surface area contributed by atoms with Crippen molar-refractivity contribution in [2.24, 2.45) is 0 Å². The predicted molar refractivity (Wildman–Crippen MR) is 87.6 cm³/mol. The van der Waals surface area contributed by atoms with E-state index in [0.29, 0.717) is 13.2 Å². The first kappa shape index (κ1) is 13.9. The Bertz CT molecular complexity index is 741. The van der Waals surface area contributed by atoms with E-state index in [1.165, 1.54) is 0 Å². The van der Waals surface area contributed by atoms with Gasteiger partial charge in [0.05, 0.1) is 0 Å². The van der Waals surface area contributed by atoms with E-state index in [2.05, 4.69) is 23.7 Å². The molecule has 0 fully saturated rings. The van der Waals surface area contributed by atoms with Crippen molar-refractivity contribution in [3.8, 4) is 46.3 Å². The minimum Gasteiger partial charge on any atom is -0.480 e. The third-order valence-corrected chi connectivity index (χ3v) is 3.12. The topological polar surface area (TPSA) is 18.5 Å². The van der Waals surface area contributed by atoms with Crippen molar-refractivity contribution in [2.75, 3.05) is 13.2 Å². The van der Waals surface area contributed by atoms with Gasteiger partial charge in [0.15, 0.2) is 0 Å². The van der Waals surface area contributed by atoms with Crippen LogP contribution in [-0.4, -0.2) is 13.2 Å². The van der Waals surface area contributed by atoms with Crippen molar-refractivity contribution in [2.45, 2.75) is 0 Å². The van der Waals surface area contributed by atoms with Gasteiger partial charge < -0.3 is 9.47 Å². The molecule has 3 rings (SSSR count). The predicted octanol–water partition coefficient (Wildman–Crippen LogP) is 3.69. The summed E-state index contributed by atoms with van der Waals surface area (Å²) in [7, 11) is 0. The summed E-state index contributed by atoms with van der Waals surface area (Å²) in [5.74, 6) is 13.3. The van der Waals surface area contributed by atoms with E-state index in [1.807, 2.05) is 48.5 Å². The van der Waals surface area contributed by atoms with Gasteiger partial charge >= 0.3 is 0 Å². The Hall–Kier alpha value is -3.10. The van der Waals surface area contributed by atoms with Crippen LogP contribution in [0, 0.1) is 23.7 Å². The number of rotatable bonds is 0. The summed E-state index contributed by atoms with van der Waals surface area (Å²) in [6.07, 6.45) is 3.42. The Labute approximate surface area is 130 Å². The maximum Gasteiger partial charge on any atom is 0.149 e. The highest BCUT2D eigenvalue weighted by atomic mass is 16.5. The summed E-state index contributed by atoms with van der Waals surface area (Å²) in [4.78, 5) is 0. The molecule has 0 aromatic heterocycles. The molecule has 0 amide bonds. The third-order valence-electron chi connectivity index (χ3n) is 3.12. The van der Waals surface area contributed by atoms with Gasteiger partial charge in [0, 0.05) is 11.1 Å². The fourth-order valence-corrected chi connectivity index (χ4v) is 2.14. The van der Waals surface area contributed by atoms with E-state index in [1.54, 1.807) is 12.2 Å². The Kier molecular flexibility index (Phi) is 4.45. The summed E-state index contributed by atoms with van der Waals surface area (Å²) < 4.78 is 11.6. The lowest BCUT2D eigenvalue weighted by atomic mass is 10.0. The second-order valence-electron chi connectivity index (χ2n) is 4.55. The highest BCUT2D eigenvalue weighted by Crippen LogP contribution is 2.36. The molecule has 1 aliphatic rings. The van der Waals surface area contributed by atoms with E-state index in [0.717, 1.165) is 22.6 Å². The quantitative estimate of drug-likeness (QED) is 0.688. The molecule has 0 aliphatic carbocycles. The summed E-state index contributed by atoms with van der Waals surface area (Å²) >= 11 is 0. The van der Waals surface area contributed by atoms with Crippen LogP contribution in [0.3, 0.4) is 0 Å². The second kappa shape index (κ2) is 7.07. The minimum absolute atomic E-state index is 0.331. The Morgan fingerprint density at radius 3 is 1.59 bits per heavy atom. The molecule has 1 aliphatic heterocycles. The van der Waals surface area contributed by atoms with Crippen LogP contribution in [0.5, 0.6) is 11.5 Å². The lowest BCUT2D eigenvalue weighted by Crippen LogP contribution is -1.99. The molecule has 2 aromatic carbocycles. The molecule has 2 heteroatoms. The van der Waals surface area contributed by atoms with Crippen molar-refractivity contribution in [3.63, 3.8) is 0 Å². The van der Waals surface area contributed by atoms with Crippen molar-refractivity contribution >= 4 is 0 Å². The molecule has 0 radical (unpaired) electrons. The molecule has 2 nitrogen and oxygen atoms in total. The molecule has 0 spiro atoms. The first-order valence-electron chi connectivity index (χ1n) is 7.01. The molecule has 0 saturated heterocycles. The molecule has 0 bridgehead atoms. The van der Waals surface area contributed by atoms with Crippen LogP contribution >= 0.6 is 0 Å². The first-order valence-corrected chi connectivity index (χ1v) is 7.01. The monoisotopic (exact) mass is 286 g/mol.